The maximum Gasteiger partial charge on any atom is 0.352 e. The third-order valence-corrected chi connectivity index (χ3v) is 6.95. The van der Waals surface area contributed by atoms with Gasteiger partial charge in [0.15, 0.2) is 4.91 Å². The lowest BCUT2D eigenvalue weighted by Gasteiger charge is -2.41. The van der Waals surface area contributed by atoms with Crippen LogP contribution in [0.5, 0.6) is 0 Å². The molecule has 2 N–H and O–H groups in total. The Kier molecular flexibility index (Phi) is 4.40. The molecule has 24 heavy (non-hydrogen) atoms. The number of carbonyl (C=O) groups excluding carboxylic acids is 1. The lowest BCUT2D eigenvalue weighted by atomic mass is 9.79. The number of rotatable bonds is 3. The summed E-state index contributed by atoms with van der Waals surface area (Å²) in [4.78, 5) is 11.7. The van der Waals surface area contributed by atoms with Gasteiger partial charge in [-0.1, -0.05) is 49.6 Å². The fourth-order valence-electron chi connectivity index (χ4n) is 3.77. The molecule has 1 spiro atoms. The van der Waals surface area contributed by atoms with Crippen LogP contribution in [0.4, 0.5) is 0 Å². The van der Waals surface area contributed by atoms with Crippen molar-refractivity contribution in [1.29, 1.82) is 0 Å². The topological polar surface area (TPSA) is 89.7 Å². The van der Waals surface area contributed by atoms with E-state index in [0.717, 1.165) is 24.8 Å². The number of nitrogens with two attached hydrogens (primary N) is 1. The zero-order chi connectivity index (χ0) is 17.4. The number of ether oxygens (including phenoxy) is 1. The molecule has 0 radical (unpaired) electrons. The van der Waals surface area contributed by atoms with Crippen molar-refractivity contribution in [2.45, 2.75) is 44.2 Å². The van der Waals surface area contributed by atoms with Gasteiger partial charge >= 0.3 is 5.97 Å². The van der Waals surface area contributed by atoms with E-state index in [4.69, 9.17) is 10.5 Å². The van der Waals surface area contributed by atoms with Gasteiger partial charge in [0.25, 0.3) is 10.0 Å². The van der Waals surface area contributed by atoms with E-state index in [0.29, 0.717) is 12.8 Å². The minimum atomic E-state index is -3.98. The Balaban J connectivity index is 2.10. The standard InChI is InChI=1S/C17H22N2O4S/c1-23-16(20)14-15(18)17(10-6-3-7-11-17)19(24(14,21)22)12-13-8-4-2-5-9-13/h2,4-5,8-9H,3,6-7,10-12,18H2,1H3. The predicted molar refractivity (Wildman–Crippen MR) is 90.0 cm³/mol. The van der Waals surface area contributed by atoms with E-state index in [9.17, 15) is 13.2 Å². The fourth-order valence-corrected chi connectivity index (χ4v) is 5.82. The second-order valence-electron chi connectivity index (χ2n) is 6.32. The lowest BCUT2D eigenvalue weighted by Crippen LogP contribution is -2.50. The highest BCUT2D eigenvalue weighted by molar-refractivity contribution is 7.94. The SMILES string of the molecule is COC(=O)C1=C(N)C2(CCCCC2)N(Cc2ccccc2)S1(=O)=O. The van der Waals surface area contributed by atoms with Crippen molar-refractivity contribution in [1.82, 2.24) is 4.31 Å². The monoisotopic (exact) mass is 350 g/mol. The molecule has 0 saturated heterocycles. The molecule has 1 aromatic rings. The summed E-state index contributed by atoms with van der Waals surface area (Å²) >= 11 is 0. The number of sulfonamides is 1. The zero-order valence-electron chi connectivity index (χ0n) is 13.7. The Hall–Kier alpha value is -1.86. The molecule has 1 heterocycles. The first-order valence-corrected chi connectivity index (χ1v) is 9.53. The molecule has 1 aromatic carbocycles. The van der Waals surface area contributed by atoms with Crippen molar-refractivity contribution in [3.05, 3.63) is 46.5 Å². The lowest BCUT2D eigenvalue weighted by molar-refractivity contribution is -0.135. The number of benzene rings is 1. The van der Waals surface area contributed by atoms with Crippen LogP contribution in [0, 0.1) is 0 Å². The molecule has 1 fully saturated rings. The molecule has 7 heteroatoms. The summed E-state index contributed by atoms with van der Waals surface area (Å²) in [6, 6.07) is 9.36. The van der Waals surface area contributed by atoms with Crippen LogP contribution in [0.1, 0.15) is 37.7 Å². The van der Waals surface area contributed by atoms with Crippen LogP contribution in [0.2, 0.25) is 0 Å². The zero-order valence-corrected chi connectivity index (χ0v) is 14.5. The van der Waals surface area contributed by atoms with E-state index < -0.39 is 21.5 Å². The minimum Gasteiger partial charge on any atom is -0.465 e. The number of hydrogen-bond donors (Lipinski definition) is 1. The molecule has 0 amide bonds. The largest absolute Gasteiger partial charge is 0.465 e. The number of carbonyl (C=O) groups is 1. The van der Waals surface area contributed by atoms with Crippen LogP contribution in [0.3, 0.4) is 0 Å². The summed E-state index contributed by atoms with van der Waals surface area (Å²) in [5.41, 5.74) is 6.44. The van der Waals surface area contributed by atoms with Gasteiger partial charge in [-0.05, 0) is 18.4 Å². The second-order valence-corrected chi connectivity index (χ2v) is 8.12. The van der Waals surface area contributed by atoms with Crippen molar-refractivity contribution in [3.63, 3.8) is 0 Å². The van der Waals surface area contributed by atoms with Gasteiger partial charge in [-0.25, -0.2) is 13.2 Å². The van der Waals surface area contributed by atoms with Crippen LogP contribution >= 0.6 is 0 Å². The van der Waals surface area contributed by atoms with E-state index in [2.05, 4.69) is 0 Å². The maximum absolute atomic E-state index is 13.1. The normalized spacial score (nSPS) is 22.7. The van der Waals surface area contributed by atoms with Gasteiger partial charge in [0, 0.05) is 6.54 Å². The molecule has 1 saturated carbocycles. The van der Waals surface area contributed by atoms with E-state index in [1.165, 1.54) is 11.4 Å². The van der Waals surface area contributed by atoms with E-state index in [-0.39, 0.29) is 17.1 Å². The average Bonchev–Trinajstić information content (AvgIpc) is 2.74. The van der Waals surface area contributed by atoms with Gasteiger partial charge in [-0.3, -0.25) is 0 Å². The quantitative estimate of drug-likeness (QED) is 0.841. The molecular formula is C17H22N2O4S. The average molecular weight is 350 g/mol. The van der Waals surface area contributed by atoms with Gasteiger partial charge in [0.2, 0.25) is 0 Å². The minimum absolute atomic E-state index is 0.144. The number of nitrogens with zero attached hydrogens (tertiary/aromatic N) is 1. The first kappa shape index (κ1) is 17.0. The molecule has 2 aliphatic rings. The highest BCUT2D eigenvalue weighted by Crippen LogP contribution is 2.47. The molecule has 6 nitrogen and oxygen atoms in total. The second kappa shape index (κ2) is 6.22. The van der Waals surface area contributed by atoms with Crippen molar-refractivity contribution in [2.75, 3.05) is 7.11 Å². The molecule has 3 rings (SSSR count). The summed E-state index contributed by atoms with van der Waals surface area (Å²) in [5.74, 6) is -0.881. The summed E-state index contributed by atoms with van der Waals surface area (Å²) in [6.45, 7) is 0.199. The van der Waals surface area contributed by atoms with Crippen molar-refractivity contribution in [2.24, 2.45) is 5.73 Å². The Labute approximate surface area is 142 Å². The van der Waals surface area contributed by atoms with E-state index >= 15 is 0 Å². The Morgan fingerprint density at radius 2 is 1.83 bits per heavy atom. The molecule has 1 aliphatic carbocycles. The van der Waals surface area contributed by atoms with Crippen molar-refractivity contribution >= 4 is 16.0 Å². The summed E-state index contributed by atoms with van der Waals surface area (Å²) in [7, 11) is -2.81. The first-order valence-electron chi connectivity index (χ1n) is 8.09. The molecule has 1 aliphatic heterocycles. The molecule has 0 bridgehead atoms. The van der Waals surface area contributed by atoms with Crippen molar-refractivity contribution < 1.29 is 17.9 Å². The van der Waals surface area contributed by atoms with Crippen LogP contribution in [-0.4, -0.2) is 31.3 Å². The predicted octanol–water partition coefficient (Wildman–Crippen LogP) is 1.88. The molecular weight excluding hydrogens is 328 g/mol. The summed E-state index contributed by atoms with van der Waals surface area (Å²) in [5, 5.41) is 0. The van der Waals surface area contributed by atoms with Gasteiger partial charge in [-0.2, -0.15) is 4.31 Å². The summed E-state index contributed by atoms with van der Waals surface area (Å²) in [6.07, 6.45) is 4.07. The number of hydrogen-bond acceptors (Lipinski definition) is 5. The van der Waals surface area contributed by atoms with E-state index in [1.54, 1.807) is 0 Å². The molecule has 130 valence electrons. The van der Waals surface area contributed by atoms with Crippen LogP contribution in [-0.2, 0) is 26.1 Å². The van der Waals surface area contributed by atoms with Crippen molar-refractivity contribution in [3.8, 4) is 0 Å². The highest BCUT2D eigenvalue weighted by Gasteiger charge is 2.57. The van der Waals surface area contributed by atoms with Gasteiger partial charge in [-0.15, -0.1) is 0 Å². The third-order valence-electron chi connectivity index (χ3n) is 4.99. The fraction of sp³-hybridized carbons (Fsp3) is 0.471. The van der Waals surface area contributed by atoms with E-state index in [1.807, 2.05) is 30.3 Å². The summed E-state index contributed by atoms with van der Waals surface area (Å²) < 4.78 is 32.2. The Morgan fingerprint density at radius 1 is 1.21 bits per heavy atom. The smallest absolute Gasteiger partial charge is 0.352 e. The van der Waals surface area contributed by atoms with Gasteiger partial charge in [0.1, 0.15) is 0 Å². The molecule has 0 aromatic heterocycles. The Bertz CT molecular complexity index is 765. The maximum atomic E-state index is 13.1. The van der Waals surface area contributed by atoms with Crippen LogP contribution < -0.4 is 5.73 Å². The molecule has 0 unspecified atom stereocenters. The number of methoxy groups -OCH3 is 1. The van der Waals surface area contributed by atoms with Gasteiger partial charge < -0.3 is 10.5 Å². The van der Waals surface area contributed by atoms with Crippen LogP contribution in [0.15, 0.2) is 40.9 Å². The Morgan fingerprint density at radius 3 is 2.42 bits per heavy atom. The molecule has 0 atom stereocenters. The van der Waals surface area contributed by atoms with Crippen LogP contribution in [0.25, 0.3) is 0 Å². The first-order chi connectivity index (χ1) is 11.4. The highest BCUT2D eigenvalue weighted by atomic mass is 32.2. The number of esters is 1. The van der Waals surface area contributed by atoms with Gasteiger partial charge in [0.05, 0.1) is 18.3 Å². The third kappa shape index (κ3) is 2.52.